The lowest BCUT2D eigenvalue weighted by Crippen LogP contribution is -2.31. The van der Waals surface area contributed by atoms with Gasteiger partial charge in [0.2, 0.25) is 0 Å². The van der Waals surface area contributed by atoms with E-state index in [4.69, 9.17) is 0 Å². The molecule has 0 unspecified atom stereocenters. The number of benzene rings is 2. The maximum atomic E-state index is 12.7. The van der Waals surface area contributed by atoms with Gasteiger partial charge in [-0.2, -0.15) is 0 Å². The highest BCUT2D eigenvalue weighted by molar-refractivity contribution is 9.10. The van der Waals surface area contributed by atoms with E-state index >= 15 is 0 Å². The molecule has 0 fully saturated rings. The van der Waals surface area contributed by atoms with Crippen molar-refractivity contribution < 1.29 is 9.59 Å². The summed E-state index contributed by atoms with van der Waals surface area (Å²) in [6.45, 7) is 6.45. The van der Waals surface area contributed by atoms with E-state index in [1.807, 2.05) is 30.3 Å². The van der Waals surface area contributed by atoms with Crippen molar-refractivity contribution in [2.75, 3.05) is 6.54 Å². The fourth-order valence-electron chi connectivity index (χ4n) is 2.72. The fourth-order valence-corrected chi connectivity index (χ4v) is 2.98. The van der Waals surface area contributed by atoms with Crippen molar-refractivity contribution in [1.29, 1.82) is 0 Å². The van der Waals surface area contributed by atoms with Crippen molar-refractivity contribution in [1.82, 2.24) is 4.90 Å². The van der Waals surface area contributed by atoms with Gasteiger partial charge in [0.1, 0.15) is 0 Å². The molecule has 0 radical (unpaired) electrons. The Morgan fingerprint density at radius 2 is 1.54 bits per heavy atom. The molecular formula is C22H20BrNO2. The van der Waals surface area contributed by atoms with Crippen LogP contribution in [0.2, 0.25) is 0 Å². The third kappa shape index (κ3) is 3.87. The lowest BCUT2D eigenvalue weighted by Gasteiger charge is -2.16. The minimum atomic E-state index is -0.252. The molecule has 0 saturated carbocycles. The molecule has 2 aromatic carbocycles. The van der Waals surface area contributed by atoms with Gasteiger partial charge >= 0.3 is 0 Å². The third-order valence-corrected chi connectivity index (χ3v) is 4.60. The molecule has 2 amide bonds. The number of amides is 2. The second kappa shape index (κ2) is 7.06. The summed E-state index contributed by atoms with van der Waals surface area (Å²) in [6, 6.07) is 14.7. The van der Waals surface area contributed by atoms with Crippen LogP contribution in [0.4, 0.5) is 0 Å². The van der Waals surface area contributed by atoms with E-state index in [9.17, 15) is 9.59 Å². The molecule has 0 aliphatic carbocycles. The molecule has 1 aliphatic heterocycles. The van der Waals surface area contributed by atoms with Gasteiger partial charge in [0, 0.05) is 10.0 Å². The summed E-state index contributed by atoms with van der Waals surface area (Å²) in [6.07, 6.45) is 1.97. The Hall–Kier alpha value is -2.42. The zero-order chi connectivity index (χ0) is 18.9. The summed E-state index contributed by atoms with van der Waals surface area (Å²) >= 11 is 3.44. The minimum absolute atomic E-state index is 0.0530. The van der Waals surface area contributed by atoms with Crippen molar-refractivity contribution in [3.8, 4) is 0 Å². The van der Waals surface area contributed by atoms with Gasteiger partial charge < -0.3 is 0 Å². The Morgan fingerprint density at radius 3 is 2.04 bits per heavy atom. The van der Waals surface area contributed by atoms with Crippen molar-refractivity contribution in [3.63, 3.8) is 0 Å². The molecule has 0 bridgehead atoms. The first-order valence-corrected chi connectivity index (χ1v) is 9.23. The summed E-state index contributed by atoms with van der Waals surface area (Å²) in [5.41, 5.74) is 5.94. The Bertz CT molecular complexity index is 894. The van der Waals surface area contributed by atoms with E-state index < -0.39 is 0 Å². The van der Waals surface area contributed by atoms with Crippen molar-refractivity contribution >= 4 is 33.3 Å². The molecule has 0 saturated heterocycles. The molecule has 132 valence electrons. The average Bonchev–Trinajstić information content (AvgIpc) is 2.83. The van der Waals surface area contributed by atoms with Crippen LogP contribution in [0, 0.1) is 5.41 Å². The van der Waals surface area contributed by atoms with E-state index in [2.05, 4.69) is 42.4 Å². The second-order valence-electron chi connectivity index (χ2n) is 7.38. The van der Waals surface area contributed by atoms with Gasteiger partial charge in [-0.1, -0.05) is 61.0 Å². The molecule has 3 rings (SSSR count). The first-order valence-electron chi connectivity index (χ1n) is 8.44. The number of carbonyl (C=O) groups is 2. The SMILES string of the molecule is CC(C)(C)C=C=C(CN1C(=O)c2ccccc2C1=O)c1ccc(Br)cc1. The zero-order valence-corrected chi connectivity index (χ0v) is 16.6. The Balaban J connectivity index is 2.00. The van der Waals surface area contributed by atoms with Gasteiger partial charge in [-0.15, -0.1) is 5.73 Å². The minimum Gasteiger partial charge on any atom is -0.269 e. The number of halogens is 1. The van der Waals surface area contributed by atoms with Crippen molar-refractivity contribution in [2.24, 2.45) is 5.41 Å². The predicted octanol–water partition coefficient (Wildman–Crippen LogP) is 5.33. The average molecular weight is 410 g/mol. The van der Waals surface area contributed by atoms with E-state index in [0.29, 0.717) is 11.1 Å². The molecule has 2 aromatic rings. The number of imide groups is 1. The molecule has 3 nitrogen and oxygen atoms in total. The third-order valence-electron chi connectivity index (χ3n) is 4.07. The van der Waals surface area contributed by atoms with Gasteiger partial charge in [-0.25, -0.2) is 0 Å². The van der Waals surface area contributed by atoms with Crippen LogP contribution in [0.25, 0.3) is 5.57 Å². The van der Waals surface area contributed by atoms with Crippen LogP contribution in [-0.4, -0.2) is 23.3 Å². The molecule has 0 aromatic heterocycles. The van der Waals surface area contributed by atoms with Crippen LogP contribution in [0.5, 0.6) is 0 Å². The fraction of sp³-hybridized carbons (Fsp3) is 0.227. The molecule has 1 aliphatic rings. The van der Waals surface area contributed by atoms with E-state index in [0.717, 1.165) is 15.6 Å². The molecule has 1 heterocycles. The van der Waals surface area contributed by atoms with Gasteiger partial charge in [-0.3, -0.25) is 14.5 Å². The van der Waals surface area contributed by atoms with Crippen LogP contribution in [0.1, 0.15) is 47.1 Å². The second-order valence-corrected chi connectivity index (χ2v) is 8.30. The Kier molecular flexibility index (Phi) is 4.99. The molecule has 26 heavy (non-hydrogen) atoms. The topological polar surface area (TPSA) is 37.4 Å². The Labute approximate surface area is 162 Å². The molecule has 0 spiro atoms. The first-order chi connectivity index (χ1) is 12.3. The number of fused-ring (bicyclic) bond motifs is 1. The predicted molar refractivity (Wildman–Crippen MR) is 107 cm³/mol. The van der Waals surface area contributed by atoms with E-state index in [1.54, 1.807) is 24.3 Å². The highest BCUT2D eigenvalue weighted by atomic mass is 79.9. The number of hydrogen-bond acceptors (Lipinski definition) is 2. The van der Waals surface area contributed by atoms with Gasteiger partial charge in [0.05, 0.1) is 17.7 Å². The van der Waals surface area contributed by atoms with E-state index in [-0.39, 0.29) is 23.8 Å². The van der Waals surface area contributed by atoms with Crippen molar-refractivity contribution in [3.05, 3.63) is 81.5 Å². The largest absolute Gasteiger partial charge is 0.269 e. The number of rotatable bonds is 3. The maximum absolute atomic E-state index is 12.7. The normalized spacial score (nSPS) is 13.5. The van der Waals surface area contributed by atoms with Gasteiger partial charge in [-0.05, 0) is 41.3 Å². The highest BCUT2D eigenvalue weighted by Crippen LogP contribution is 2.26. The lowest BCUT2D eigenvalue weighted by molar-refractivity contribution is 0.0675. The monoisotopic (exact) mass is 409 g/mol. The molecule has 4 heteroatoms. The van der Waals surface area contributed by atoms with Crippen LogP contribution < -0.4 is 0 Å². The van der Waals surface area contributed by atoms with Crippen LogP contribution in [-0.2, 0) is 0 Å². The van der Waals surface area contributed by atoms with Gasteiger partial charge in [0.25, 0.3) is 11.8 Å². The smallest absolute Gasteiger partial charge is 0.261 e. The molecule has 0 N–H and O–H groups in total. The summed E-state index contributed by atoms with van der Waals surface area (Å²) in [5, 5.41) is 0. The highest BCUT2D eigenvalue weighted by Gasteiger charge is 2.35. The molecule has 0 atom stereocenters. The summed E-state index contributed by atoms with van der Waals surface area (Å²) < 4.78 is 0.973. The van der Waals surface area contributed by atoms with Crippen molar-refractivity contribution in [2.45, 2.75) is 20.8 Å². The lowest BCUT2D eigenvalue weighted by atomic mass is 9.95. The number of nitrogens with zero attached hydrogens (tertiary/aromatic N) is 1. The quantitative estimate of drug-likeness (QED) is 0.507. The summed E-state index contributed by atoms with van der Waals surface area (Å²) in [5.74, 6) is -0.504. The standard InChI is InChI=1S/C22H20BrNO2/c1-22(2,3)13-12-16(15-8-10-17(23)11-9-15)14-24-20(25)18-6-4-5-7-19(18)21(24)26/h4-11,13H,14H2,1-3H3. The van der Waals surface area contributed by atoms with Crippen LogP contribution in [0.3, 0.4) is 0 Å². The summed E-state index contributed by atoms with van der Waals surface area (Å²) in [7, 11) is 0. The number of carbonyl (C=O) groups excluding carboxylic acids is 2. The van der Waals surface area contributed by atoms with E-state index in [1.165, 1.54) is 4.90 Å². The molecular weight excluding hydrogens is 390 g/mol. The summed E-state index contributed by atoms with van der Waals surface area (Å²) in [4.78, 5) is 26.6. The Morgan fingerprint density at radius 1 is 1.00 bits per heavy atom. The van der Waals surface area contributed by atoms with Crippen LogP contribution in [0.15, 0.2) is 64.8 Å². The first kappa shape index (κ1) is 18.4. The van der Waals surface area contributed by atoms with Gasteiger partial charge in [0.15, 0.2) is 0 Å². The maximum Gasteiger partial charge on any atom is 0.261 e. The number of hydrogen-bond donors (Lipinski definition) is 0. The van der Waals surface area contributed by atoms with Crippen LogP contribution >= 0.6 is 15.9 Å². The zero-order valence-electron chi connectivity index (χ0n) is 15.0.